The van der Waals surface area contributed by atoms with Gasteiger partial charge < -0.3 is 28.8 Å². The van der Waals surface area contributed by atoms with E-state index in [4.69, 9.17) is 23.7 Å². The van der Waals surface area contributed by atoms with Crippen molar-refractivity contribution in [3.05, 3.63) is 107 Å². The lowest BCUT2D eigenvalue weighted by Crippen LogP contribution is -2.18. The maximum Gasteiger partial charge on any atom is 0.411 e. The molecular weight excluding hydrogens is 558 g/mol. The highest BCUT2D eigenvalue weighted by Crippen LogP contribution is 2.47. The number of carbonyl (C=O) groups excluding carboxylic acids is 1. The number of benzene rings is 4. The van der Waals surface area contributed by atoms with Gasteiger partial charge in [-0.2, -0.15) is 0 Å². The lowest BCUT2D eigenvalue weighted by Gasteiger charge is -2.21. The summed E-state index contributed by atoms with van der Waals surface area (Å²) < 4.78 is 28.4. The Bertz CT molecular complexity index is 1700. The summed E-state index contributed by atoms with van der Waals surface area (Å²) in [6.07, 6.45) is 1.60. The van der Waals surface area contributed by atoms with Crippen LogP contribution in [0.25, 0.3) is 16.7 Å². The maximum absolute atomic E-state index is 13.2. The number of ether oxygens (including phenoxy) is 5. The molecule has 44 heavy (non-hydrogen) atoms. The molecule has 4 aromatic rings. The highest BCUT2D eigenvalue weighted by atomic mass is 16.5. The number of hydrogen-bond acceptors (Lipinski definition) is 7. The van der Waals surface area contributed by atoms with Crippen LogP contribution in [0.15, 0.2) is 78.9 Å². The molecule has 0 fully saturated rings. The summed E-state index contributed by atoms with van der Waals surface area (Å²) in [6, 6.07) is 23.8. The van der Waals surface area contributed by atoms with E-state index in [1.807, 2.05) is 48.5 Å². The van der Waals surface area contributed by atoms with Crippen molar-refractivity contribution in [2.45, 2.75) is 24.9 Å². The molecule has 2 N–H and O–H groups in total. The zero-order valence-corrected chi connectivity index (χ0v) is 25.2. The molecule has 0 aliphatic heterocycles. The van der Waals surface area contributed by atoms with Crippen molar-refractivity contribution in [1.82, 2.24) is 0 Å². The Morgan fingerprint density at radius 2 is 1.45 bits per heavy atom. The molecule has 0 unspecified atom stereocenters. The first-order valence-electron chi connectivity index (χ1n) is 14.5. The van der Waals surface area contributed by atoms with E-state index in [1.165, 1.54) is 0 Å². The van der Waals surface area contributed by atoms with Crippen molar-refractivity contribution >= 4 is 17.4 Å². The van der Waals surface area contributed by atoms with E-state index in [2.05, 4.69) is 29.6 Å². The molecule has 0 bridgehead atoms. The summed E-state index contributed by atoms with van der Waals surface area (Å²) in [5, 5.41) is 13.7. The Morgan fingerprint density at radius 3 is 2.09 bits per heavy atom. The molecule has 8 heteroatoms. The van der Waals surface area contributed by atoms with E-state index in [0.29, 0.717) is 41.5 Å². The van der Waals surface area contributed by atoms with Crippen molar-refractivity contribution in [3.8, 4) is 34.1 Å². The van der Waals surface area contributed by atoms with E-state index < -0.39 is 12.2 Å². The Balaban J connectivity index is 1.30. The predicted molar refractivity (Wildman–Crippen MR) is 169 cm³/mol. The first kappa shape index (κ1) is 29.1. The van der Waals surface area contributed by atoms with Crippen molar-refractivity contribution in [3.63, 3.8) is 0 Å². The second-order valence-electron chi connectivity index (χ2n) is 10.7. The van der Waals surface area contributed by atoms with E-state index in [1.54, 1.807) is 34.5 Å². The molecule has 0 saturated carbocycles. The number of amides is 1. The highest BCUT2D eigenvalue weighted by Gasteiger charge is 2.30. The second kappa shape index (κ2) is 12.3. The van der Waals surface area contributed by atoms with Gasteiger partial charge in [0, 0.05) is 11.5 Å². The molecule has 1 amide bonds. The smallest absolute Gasteiger partial charge is 0.411 e. The molecular formula is C36H35NO7. The highest BCUT2D eigenvalue weighted by molar-refractivity contribution is 5.91. The van der Waals surface area contributed by atoms with Crippen LogP contribution in [-0.2, 0) is 11.2 Å². The van der Waals surface area contributed by atoms with Gasteiger partial charge in [-0.15, -0.1) is 0 Å². The van der Waals surface area contributed by atoms with Gasteiger partial charge in [0.2, 0.25) is 5.75 Å². The summed E-state index contributed by atoms with van der Waals surface area (Å²) in [6.45, 7) is 0.189. The Labute approximate surface area is 256 Å². The largest absolute Gasteiger partial charge is 0.495 e. The fourth-order valence-corrected chi connectivity index (χ4v) is 6.33. The molecule has 0 heterocycles. The van der Waals surface area contributed by atoms with Crippen LogP contribution in [0.1, 0.15) is 40.2 Å². The number of nitrogens with one attached hydrogen (secondary N) is 1. The van der Waals surface area contributed by atoms with Gasteiger partial charge in [0.25, 0.3) is 0 Å². The Hall–Kier alpha value is -4.95. The molecule has 226 valence electrons. The van der Waals surface area contributed by atoms with E-state index >= 15 is 0 Å². The number of aliphatic hydroxyl groups is 1. The SMILES string of the molecule is COc1ccc(C2=C[C@@H](O)CCc3c2cc(OC)c(OC)c3OC)cc1NC(=O)OCC1c2ccccc2-c2ccccc21. The zero-order chi connectivity index (χ0) is 30.8. The van der Waals surface area contributed by atoms with Gasteiger partial charge in [0.05, 0.1) is 40.2 Å². The van der Waals surface area contributed by atoms with E-state index in [9.17, 15) is 9.90 Å². The quantitative estimate of drug-likeness (QED) is 0.231. The predicted octanol–water partition coefficient (Wildman–Crippen LogP) is 6.82. The van der Waals surface area contributed by atoms with Gasteiger partial charge in [0.15, 0.2) is 11.5 Å². The van der Waals surface area contributed by atoms with E-state index in [-0.39, 0.29) is 12.5 Å². The first-order valence-corrected chi connectivity index (χ1v) is 14.5. The fraction of sp³-hybridized carbons (Fsp3) is 0.250. The molecule has 4 aromatic carbocycles. The normalized spacial score (nSPS) is 15.2. The van der Waals surface area contributed by atoms with Crippen LogP contribution in [0.2, 0.25) is 0 Å². The number of rotatable bonds is 8. The summed E-state index contributed by atoms with van der Waals surface area (Å²) >= 11 is 0. The monoisotopic (exact) mass is 593 g/mol. The number of methoxy groups -OCH3 is 4. The Morgan fingerprint density at radius 1 is 0.795 bits per heavy atom. The van der Waals surface area contributed by atoms with Gasteiger partial charge in [-0.1, -0.05) is 54.6 Å². The minimum absolute atomic E-state index is 0.0579. The average molecular weight is 594 g/mol. The van der Waals surface area contributed by atoms with Crippen LogP contribution in [0, 0.1) is 0 Å². The molecule has 0 radical (unpaired) electrons. The third kappa shape index (κ3) is 5.22. The lowest BCUT2D eigenvalue weighted by molar-refractivity contribution is 0.158. The van der Waals surface area contributed by atoms with Crippen LogP contribution in [0.4, 0.5) is 10.5 Å². The van der Waals surface area contributed by atoms with Crippen LogP contribution in [0.5, 0.6) is 23.0 Å². The number of aliphatic hydroxyl groups excluding tert-OH is 1. The van der Waals surface area contributed by atoms with E-state index in [0.717, 1.165) is 44.5 Å². The summed E-state index contributed by atoms with van der Waals surface area (Å²) in [7, 11) is 6.28. The van der Waals surface area contributed by atoms with Crippen LogP contribution in [-0.4, -0.2) is 52.3 Å². The molecule has 1 atom stereocenters. The third-order valence-corrected chi connectivity index (χ3v) is 8.36. The standard InChI is InChI=1S/C36H35NO7/c1-40-32-16-13-21(28-18-22(38)14-15-27-29(28)19-33(41-2)35(43-4)34(27)42-3)17-31(32)37-36(39)44-20-30-25-11-7-5-9-23(25)24-10-6-8-12-26(24)30/h5-13,16-19,22,30,38H,14-15,20H2,1-4H3,(H,37,39)/t22-/m0/s1. The second-order valence-corrected chi connectivity index (χ2v) is 10.7. The number of fused-ring (bicyclic) bond motifs is 4. The van der Waals surface area contributed by atoms with Gasteiger partial charge in [-0.25, -0.2) is 4.79 Å². The first-order chi connectivity index (χ1) is 21.5. The molecule has 0 saturated heterocycles. The minimum Gasteiger partial charge on any atom is -0.495 e. The van der Waals surface area contributed by atoms with Crippen LogP contribution in [0.3, 0.4) is 0 Å². The summed E-state index contributed by atoms with van der Waals surface area (Å²) in [5.41, 5.74) is 8.31. The van der Waals surface area contributed by atoms with Crippen molar-refractivity contribution < 1.29 is 33.6 Å². The van der Waals surface area contributed by atoms with Crippen molar-refractivity contribution in [1.29, 1.82) is 0 Å². The molecule has 2 aliphatic rings. The lowest BCUT2D eigenvalue weighted by atomic mass is 9.92. The third-order valence-electron chi connectivity index (χ3n) is 8.36. The molecule has 8 nitrogen and oxygen atoms in total. The molecule has 2 aliphatic carbocycles. The maximum atomic E-state index is 13.2. The topological polar surface area (TPSA) is 95.5 Å². The van der Waals surface area contributed by atoms with Gasteiger partial charge in [-0.3, -0.25) is 5.32 Å². The average Bonchev–Trinajstić information content (AvgIpc) is 3.27. The Kier molecular flexibility index (Phi) is 8.17. The number of carbonyl (C=O) groups is 1. The van der Waals surface area contributed by atoms with Crippen molar-refractivity contribution in [2.75, 3.05) is 40.4 Å². The summed E-state index contributed by atoms with van der Waals surface area (Å²) in [5.74, 6) is 1.99. The number of anilines is 1. The fourth-order valence-electron chi connectivity index (χ4n) is 6.33. The van der Waals surface area contributed by atoms with Gasteiger partial charge in [-0.05, 0) is 76.1 Å². The van der Waals surface area contributed by atoms with Crippen molar-refractivity contribution in [2.24, 2.45) is 0 Å². The summed E-state index contributed by atoms with van der Waals surface area (Å²) in [4.78, 5) is 13.2. The molecule has 0 aromatic heterocycles. The van der Waals surface area contributed by atoms with Crippen LogP contribution < -0.4 is 24.3 Å². The van der Waals surface area contributed by atoms with Gasteiger partial charge in [0.1, 0.15) is 12.4 Å². The number of hydrogen-bond donors (Lipinski definition) is 2. The van der Waals surface area contributed by atoms with Gasteiger partial charge >= 0.3 is 6.09 Å². The van der Waals surface area contributed by atoms with Crippen LogP contribution >= 0.6 is 0 Å². The molecule has 0 spiro atoms. The molecule has 6 rings (SSSR count). The zero-order valence-electron chi connectivity index (χ0n) is 25.2. The minimum atomic E-state index is -0.695.